The summed E-state index contributed by atoms with van der Waals surface area (Å²) in [6.45, 7) is 1.02. The van der Waals surface area contributed by atoms with Gasteiger partial charge < -0.3 is 20.1 Å². The molecule has 1 aromatic carbocycles. The van der Waals surface area contributed by atoms with Crippen LogP contribution in [0.5, 0.6) is 0 Å². The van der Waals surface area contributed by atoms with Crippen molar-refractivity contribution in [2.45, 2.75) is 44.7 Å². The van der Waals surface area contributed by atoms with E-state index in [2.05, 4.69) is 15.4 Å². The Balaban J connectivity index is 1.44. The largest absolute Gasteiger partial charge is 0.465 e. The number of amides is 4. The minimum Gasteiger partial charge on any atom is -0.465 e. The molecule has 1 spiro atoms. The van der Waals surface area contributed by atoms with Crippen molar-refractivity contribution in [1.82, 2.24) is 15.5 Å². The number of imide groups is 1. The first-order valence-corrected chi connectivity index (χ1v) is 10.5. The third-order valence-corrected chi connectivity index (χ3v) is 6.02. The van der Waals surface area contributed by atoms with E-state index < -0.39 is 48.5 Å². The van der Waals surface area contributed by atoms with Gasteiger partial charge in [0.1, 0.15) is 12.1 Å². The average Bonchev–Trinajstić information content (AvgIpc) is 3.03. The van der Waals surface area contributed by atoms with Crippen LogP contribution >= 0.6 is 0 Å². The first kappa shape index (κ1) is 23.2. The highest BCUT2D eigenvalue weighted by Gasteiger charge is 2.55. The highest BCUT2D eigenvalue weighted by atomic mass is 16.5. The maximum atomic E-state index is 12.8. The number of ether oxygens (including phenoxy) is 2. The van der Waals surface area contributed by atoms with E-state index in [1.165, 1.54) is 7.11 Å². The molecule has 10 heteroatoms. The van der Waals surface area contributed by atoms with Crippen LogP contribution in [0.25, 0.3) is 0 Å². The molecule has 1 aromatic rings. The van der Waals surface area contributed by atoms with Crippen LogP contribution < -0.4 is 10.6 Å². The molecule has 10 nitrogen and oxygen atoms in total. The van der Waals surface area contributed by atoms with Gasteiger partial charge in [-0.25, -0.2) is 9.59 Å². The maximum absolute atomic E-state index is 12.8. The molecule has 1 saturated carbocycles. The average molecular weight is 445 g/mol. The van der Waals surface area contributed by atoms with Crippen molar-refractivity contribution in [3.05, 3.63) is 35.4 Å². The molecule has 1 saturated heterocycles. The van der Waals surface area contributed by atoms with Crippen LogP contribution in [0, 0.1) is 5.92 Å². The lowest BCUT2D eigenvalue weighted by Gasteiger charge is -2.36. The number of hydrogen-bond acceptors (Lipinski definition) is 7. The normalized spacial score (nSPS) is 22.4. The smallest absolute Gasteiger partial charge is 0.337 e. The van der Waals surface area contributed by atoms with E-state index in [1.807, 2.05) is 6.92 Å². The summed E-state index contributed by atoms with van der Waals surface area (Å²) < 4.78 is 9.55. The Morgan fingerprint density at radius 3 is 2.56 bits per heavy atom. The number of nitrogens with one attached hydrogen (secondary N) is 2. The molecule has 0 aromatic heterocycles. The molecule has 1 aliphatic carbocycles. The summed E-state index contributed by atoms with van der Waals surface area (Å²) in [5.41, 5.74) is 0.182. The third kappa shape index (κ3) is 4.90. The quantitative estimate of drug-likeness (QED) is 0.475. The molecule has 2 aliphatic rings. The Morgan fingerprint density at radius 1 is 1.19 bits per heavy atom. The minimum atomic E-state index is -0.948. The second kappa shape index (κ2) is 9.80. The fraction of sp³-hybridized carbons (Fsp3) is 0.500. The summed E-state index contributed by atoms with van der Waals surface area (Å²) in [6.07, 6.45) is 3.21. The van der Waals surface area contributed by atoms with E-state index in [0.29, 0.717) is 12.0 Å². The number of benzene rings is 1. The van der Waals surface area contributed by atoms with E-state index in [-0.39, 0.29) is 12.5 Å². The zero-order valence-electron chi connectivity index (χ0n) is 18.1. The number of methoxy groups -OCH3 is 1. The molecule has 2 atom stereocenters. The molecule has 0 bridgehead atoms. The van der Waals surface area contributed by atoms with Gasteiger partial charge in [-0.1, -0.05) is 31.9 Å². The zero-order valence-corrected chi connectivity index (χ0v) is 18.1. The van der Waals surface area contributed by atoms with Crippen molar-refractivity contribution in [3.63, 3.8) is 0 Å². The van der Waals surface area contributed by atoms with Crippen LogP contribution in [0.4, 0.5) is 4.79 Å². The van der Waals surface area contributed by atoms with Crippen LogP contribution in [0.3, 0.4) is 0 Å². The minimum absolute atomic E-state index is 0.0128. The van der Waals surface area contributed by atoms with Crippen LogP contribution in [0.15, 0.2) is 24.3 Å². The van der Waals surface area contributed by atoms with Gasteiger partial charge in [0, 0.05) is 6.54 Å². The molecule has 4 amide bonds. The van der Waals surface area contributed by atoms with E-state index in [0.717, 1.165) is 29.7 Å². The topological polar surface area (TPSA) is 131 Å². The molecule has 1 aliphatic heterocycles. The molecular formula is C22H27N3O7. The highest BCUT2D eigenvalue weighted by Crippen LogP contribution is 2.38. The molecule has 0 radical (unpaired) electrons. The number of hydrogen-bond donors (Lipinski definition) is 2. The summed E-state index contributed by atoms with van der Waals surface area (Å²) in [6, 6.07) is 5.87. The van der Waals surface area contributed by atoms with Crippen LogP contribution in [0.2, 0.25) is 0 Å². The second-order valence-electron chi connectivity index (χ2n) is 8.07. The number of carbonyl (C=O) groups excluding carboxylic acids is 5. The molecule has 1 heterocycles. The first-order chi connectivity index (χ1) is 15.3. The van der Waals surface area contributed by atoms with Gasteiger partial charge in [-0.05, 0) is 36.5 Å². The van der Waals surface area contributed by atoms with Crippen molar-refractivity contribution < 1.29 is 33.4 Å². The second-order valence-corrected chi connectivity index (χ2v) is 8.07. The fourth-order valence-electron chi connectivity index (χ4n) is 4.09. The number of urea groups is 1. The van der Waals surface area contributed by atoms with Crippen molar-refractivity contribution in [2.75, 3.05) is 20.3 Å². The number of carbonyl (C=O) groups is 5. The zero-order chi connectivity index (χ0) is 23.3. The number of rotatable bonds is 7. The van der Waals surface area contributed by atoms with Crippen molar-refractivity contribution >= 4 is 29.8 Å². The molecule has 3 rings (SSSR count). The van der Waals surface area contributed by atoms with E-state index in [9.17, 15) is 24.0 Å². The van der Waals surface area contributed by atoms with E-state index in [1.54, 1.807) is 24.3 Å². The number of nitrogens with zero attached hydrogens (tertiary/aromatic N) is 1. The summed E-state index contributed by atoms with van der Waals surface area (Å²) >= 11 is 0. The summed E-state index contributed by atoms with van der Waals surface area (Å²) in [7, 11) is 1.29. The van der Waals surface area contributed by atoms with E-state index >= 15 is 0 Å². The van der Waals surface area contributed by atoms with Crippen molar-refractivity contribution in [2.24, 2.45) is 5.92 Å². The summed E-state index contributed by atoms with van der Waals surface area (Å²) in [5.74, 6) is -2.26. The molecular weight excluding hydrogens is 418 g/mol. The Bertz CT molecular complexity index is 915. The molecule has 172 valence electrons. The third-order valence-electron chi connectivity index (χ3n) is 6.02. The van der Waals surface area contributed by atoms with Crippen molar-refractivity contribution in [1.29, 1.82) is 0 Å². The van der Waals surface area contributed by atoms with Crippen LogP contribution in [-0.2, 0) is 30.4 Å². The SMILES string of the molecule is COC(=O)c1ccc(CNC(=O)COC(=O)CN2C(=O)NC3(CCCCC3C)C2=O)cc1. The Hall–Kier alpha value is -3.43. The Kier molecular flexibility index (Phi) is 7.12. The van der Waals surface area contributed by atoms with Gasteiger partial charge in [-0.3, -0.25) is 19.3 Å². The monoisotopic (exact) mass is 445 g/mol. The Labute approximate surface area is 185 Å². The molecule has 2 fully saturated rings. The maximum Gasteiger partial charge on any atom is 0.337 e. The van der Waals surface area contributed by atoms with Gasteiger partial charge in [0.05, 0.1) is 12.7 Å². The van der Waals surface area contributed by atoms with Gasteiger partial charge in [-0.2, -0.15) is 0 Å². The lowest BCUT2D eigenvalue weighted by molar-refractivity contribution is -0.151. The molecule has 2 unspecified atom stereocenters. The van der Waals surface area contributed by atoms with Gasteiger partial charge in [-0.15, -0.1) is 0 Å². The summed E-state index contributed by atoms with van der Waals surface area (Å²) in [5, 5.41) is 5.35. The van der Waals surface area contributed by atoms with Crippen molar-refractivity contribution in [3.8, 4) is 0 Å². The van der Waals surface area contributed by atoms with Gasteiger partial charge >= 0.3 is 18.0 Å². The van der Waals surface area contributed by atoms with Gasteiger partial charge in [0.15, 0.2) is 6.61 Å². The van der Waals surface area contributed by atoms with Crippen LogP contribution in [0.1, 0.15) is 48.5 Å². The fourth-order valence-corrected chi connectivity index (χ4v) is 4.09. The predicted molar refractivity (Wildman–Crippen MR) is 111 cm³/mol. The summed E-state index contributed by atoms with van der Waals surface area (Å²) in [4.78, 5) is 61.5. The van der Waals surface area contributed by atoms with E-state index in [4.69, 9.17) is 4.74 Å². The van der Waals surface area contributed by atoms with Gasteiger partial charge in [0.25, 0.3) is 11.8 Å². The first-order valence-electron chi connectivity index (χ1n) is 10.5. The predicted octanol–water partition coefficient (Wildman–Crippen LogP) is 1.13. The lowest BCUT2D eigenvalue weighted by atomic mass is 9.73. The standard InChI is InChI=1S/C22H27N3O7/c1-14-5-3-4-10-22(14)20(29)25(21(30)24-22)12-18(27)32-13-17(26)23-11-15-6-8-16(9-7-15)19(28)31-2/h6-9,14H,3-5,10-13H2,1-2H3,(H,23,26)(H,24,30). The molecule has 2 N–H and O–H groups in total. The van der Waals surface area contributed by atoms with Crippen LogP contribution in [-0.4, -0.2) is 60.5 Å². The Morgan fingerprint density at radius 2 is 1.91 bits per heavy atom. The lowest BCUT2D eigenvalue weighted by Crippen LogP contribution is -2.54. The number of esters is 2. The highest BCUT2D eigenvalue weighted by molar-refractivity contribution is 6.09. The molecule has 32 heavy (non-hydrogen) atoms. The van der Waals surface area contributed by atoms with Gasteiger partial charge in [0.2, 0.25) is 0 Å².